The molecule has 1 spiro atoms. The normalized spacial score (nSPS) is 18.4. The minimum Gasteiger partial charge on any atom is -0.450 e. The van der Waals surface area contributed by atoms with Crippen LogP contribution in [0.15, 0.2) is 46.6 Å². The summed E-state index contributed by atoms with van der Waals surface area (Å²) in [5.74, 6) is 0.307. The highest BCUT2D eigenvalue weighted by atomic mass is 16.5. The SMILES string of the molecule is CCOC(=O)NC1=C(C(N)=NC)CN(C(=O)NC(CN(C)C)c2ccccc2)C12CC2. The van der Waals surface area contributed by atoms with Crippen molar-refractivity contribution in [3.05, 3.63) is 47.2 Å². The van der Waals surface area contributed by atoms with Gasteiger partial charge in [-0.2, -0.15) is 0 Å². The fourth-order valence-corrected chi connectivity index (χ4v) is 4.03. The fraction of sp³-hybridized carbons (Fsp3) is 0.500. The molecule has 1 aromatic rings. The maximum Gasteiger partial charge on any atom is 0.411 e. The summed E-state index contributed by atoms with van der Waals surface area (Å²) in [4.78, 5) is 33.5. The van der Waals surface area contributed by atoms with Crippen molar-refractivity contribution in [3.8, 4) is 0 Å². The number of alkyl carbamates (subject to hydrolysis) is 1. The molecule has 0 saturated heterocycles. The topological polar surface area (TPSA) is 112 Å². The van der Waals surface area contributed by atoms with Crippen molar-refractivity contribution in [2.24, 2.45) is 10.7 Å². The van der Waals surface area contributed by atoms with Gasteiger partial charge in [0.05, 0.1) is 30.4 Å². The van der Waals surface area contributed by atoms with E-state index in [1.54, 1.807) is 18.9 Å². The molecule has 168 valence electrons. The number of nitrogens with two attached hydrogens (primary N) is 1. The number of nitrogens with zero attached hydrogens (tertiary/aromatic N) is 3. The molecule has 31 heavy (non-hydrogen) atoms. The first-order valence-corrected chi connectivity index (χ1v) is 10.5. The number of nitrogens with one attached hydrogen (secondary N) is 2. The number of likely N-dealkylation sites (N-methyl/N-ethyl adjacent to an activating group) is 1. The van der Waals surface area contributed by atoms with Crippen molar-refractivity contribution in [3.63, 3.8) is 0 Å². The molecule has 1 aromatic carbocycles. The fourth-order valence-electron chi connectivity index (χ4n) is 4.03. The van der Waals surface area contributed by atoms with E-state index >= 15 is 0 Å². The van der Waals surface area contributed by atoms with Crippen LogP contribution in [0.25, 0.3) is 0 Å². The highest BCUT2D eigenvalue weighted by Gasteiger charge is 2.59. The van der Waals surface area contributed by atoms with Crippen LogP contribution in [0.5, 0.6) is 0 Å². The Balaban J connectivity index is 1.84. The quantitative estimate of drug-likeness (QED) is 0.453. The average molecular weight is 429 g/mol. The van der Waals surface area contributed by atoms with Gasteiger partial charge in [0.25, 0.3) is 0 Å². The van der Waals surface area contributed by atoms with Crippen LogP contribution in [0.4, 0.5) is 9.59 Å². The zero-order chi connectivity index (χ0) is 22.6. The van der Waals surface area contributed by atoms with Gasteiger partial charge >= 0.3 is 12.1 Å². The Bertz CT molecular complexity index is 876. The second-order valence-electron chi connectivity index (χ2n) is 8.10. The summed E-state index contributed by atoms with van der Waals surface area (Å²) in [7, 11) is 5.54. The first-order chi connectivity index (χ1) is 14.8. The number of hydrogen-bond acceptors (Lipinski definition) is 5. The van der Waals surface area contributed by atoms with Crippen molar-refractivity contribution < 1.29 is 14.3 Å². The molecule has 3 amide bonds. The number of amides is 3. The van der Waals surface area contributed by atoms with Crippen molar-refractivity contribution in [2.75, 3.05) is 40.8 Å². The number of rotatable bonds is 7. The summed E-state index contributed by atoms with van der Waals surface area (Å²) < 4.78 is 5.06. The lowest BCUT2D eigenvalue weighted by molar-refractivity contribution is 0.151. The zero-order valence-corrected chi connectivity index (χ0v) is 18.6. The molecule has 4 N–H and O–H groups in total. The van der Waals surface area contributed by atoms with Gasteiger partial charge < -0.3 is 25.6 Å². The highest BCUT2D eigenvalue weighted by Crippen LogP contribution is 2.52. The van der Waals surface area contributed by atoms with Gasteiger partial charge in [-0.05, 0) is 39.4 Å². The molecular formula is C22H32N6O3. The van der Waals surface area contributed by atoms with Crippen LogP contribution in [0.1, 0.15) is 31.4 Å². The molecule has 0 bridgehead atoms. The third kappa shape index (κ3) is 4.82. The number of amidine groups is 1. The van der Waals surface area contributed by atoms with Crippen LogP contribution in [0.3, 0.4) is 0 Å². The second-order valence-corrected chi connectivity index (χ2v) is 8.10. The van der Waals surface area contributed by atoms with Gasteiger partial charge in [-0.3, -0.25) is 10.3 Å². The molecule has 1 atom stereocenters. The van der Waals surface area contributed by atoms with Crippen LogP contribution >= 0.6 is 0 Å². The summed E-state index contributed by atoms with van der Waals surface area (Å²) >= 11 is 0. The Morgan fingerprint density at radius 1 is 1.29 bits per heavy atom. The second kappa shape index (κ2) is 9.38. The van der Waals surface area contributed by atoms with E-state index in [9.17, 15) is 9.59 Å². The predicted molar refractivity (Wildman–Crippen MR) is 120 cm³/mol. The maximum absolute atomic E-state index is 13.4. The zero-order valence-electron chi connectivity index (χ0n) is 18.6. The first kappa shape index (κ1) is 22.6. The molecule has 1 unspecified atom stereocenters. The molecule has 1 saturated carbocycles. The lowest BCUT2D eigenvalue weighted by Gasteiger charge is -2.30. The Morgan fingerprint density at radius 3 is 2.52 bits per heavy atom. The van der Waals surface area contributed by atoms with Crippen LogP contribution in [-0.4, -0.2) is 74.1 Å². The van der Waals surface area contributed by atoms with E-state index in [1.165, 1.54) is 0 Å². The van der Waals surface area contributed by atoms with Gasteiger partial charge in [-0.25, -0.2) is 9.59 Å². The summed E-state index contributed by atoms with van der Waals surface area (Å²) in [6.45, 7) is 2.93. The molecule has 0 aromatic heterocycles. The number of benzene rings is 1. The third-order valence-corrected chi connectivity index (χ3v) is 5.67. The Labute approximate surface area is 183 Å². The van der Waals surface area contributed by atoms with Crippen LogP contribution < -0.4 is 16.4 Å². The van der Waals surface area contributed by atoms with Gasteiger partial charge in [-0.15, -0.1) is 0 Å². The molecule has 0 radical (unpaired) electrons. The molecule has 9 nitrogen and oxygen atoms in total. The summed E-state index contributed by atoms with van der Waals surface area (Å²) in [5, 5.41) is 6.00. The number of aliphatic imine (C=N–C) groups is 1. The van der Waals surface area contributed by atoms with Crippen molar-refractivity contribution >= 4 is 18.0 Å². The first-order valence-electron chi connectivity index (χ1n) is 10.5. The summed E-state index contributed by atoms with van der Waals surface area (Å²) in [6.07, 6.45) is 0.931. The monoisotopic (exact) mass is 428 g/mol. The smallest absolute Gasteiger partial charge is 0.411 e. The van der Waals surface area contributed by atoms with E-state index < -0.39 is 11.6 Å². The van der Waals surface area contributed by atoms with Crippen molar-refractivity contribution in [2.45, 2.75) is 31.3 Å². The standard InChI is InChI=1S/C22H32N6O3/c1-5-31-21(30)26-18-16(19(23)24-2)13-28(22(18)11-12-22)20(29)25-17(14-27(3)4)15-9-7-6-8-10-15/h6-10,17H,5,11-14H2,1-4H3,(H2,23,24)(H,25,29)(H,26,30). The van der Waals surface area contributed by atoms with E-state index in [2.05, 4.69) is 15.6 Å². The molecular weight excluding hydrogens is 396 g/mol. The van der Waals surface area contributed by atoms with Crippen LogP contribution in [0.2, 0.25) is 0 Å². The van der Waals surface area contributed by atoms with E-state index in [1.807, 2.05) is 49.3 Å². The minimum absolute atomic E-state index is 0.179. The number of hydrogen-bond donors (Lipinski definition) is 3. The van der Waals surface area contributed by atoms with Crippen LogP contribution in [0, 0.1) is 0 Å². The Kier molecular flexibility index (Phi) is 6.84. The van der Waals surface area contributed by atoms with Gasteiger partial charge in [0.15, 0.2) is 0 Å². The molecule has 1 aliphatic heterocycles. The highest BCUT2D eigenvalue weighted by molar-refractivity contribution is 6.01. The molecule has 1 heterocycles. The van der Waals surface area contributed by atoms with Crippen LogP contribution in [-0.2, 0) is 4.74 Å². The van der Waals surface area contributed by atoms with Gasteiger partial charge in [0.1, 0.15) is 5.84 Å². The molecule has 3 rings (SSSR count). The number of ether oxygens (including phenoxy) is 1. The predicted octanol–water partition coefficient (Wildman–Crippen LogP) is 1.83. The minimum atomic E-state index is -0.582. The van der Waals surface area contributed by atoms with E-state index in [0.717, 1.165) is 18.4 Å². The summed E-state index contributed by atoms with van der Waals surface area (Å²) in [5.41, 5.74) is 7.85. The lowest BCUT2D eigenvalue weighted by Crippen LogP contribution is -2.49. The lowest BCUT2D eigenvalue weighted by atomic mass is 10.1. The number of carbonyl (C=O) groups excluding carboxylic acids is 2. The van der Waals surface area contributed by atoms with Gasteiger partial charge in [-0.1, -0.05) is 30.3 Å². The van der Waals surface area contributed by atoms with Gasteiger partial charge in [0.2, 0.25) is 0 Å². The van der Waals surface area contributed by atoms with Crippen molar-refractivity contribution in [1.82, 2.24) is 20.4 Å². The van der Waals surface area contributed by atoms with Gasteiger partial charge in [0, 0.05) is 19.2 Å². The average Bonchev–Trinajstić information content (AvgIpc) is 3.47. The summed E-state index contributed by atoms with van der Waals surface area (Å²) in [6, 6.07) is 9.50. The molecule has 2 aliphatic rings. The third-order valence-electron chi connectivity index (χ3n) is 5.67. The van der Waals surface area contributed by atoms with E-state index in [-0.39, 0.29) is 25.2 Å². The largest absolute Gasteiger partial charge is 0.450 e. The molecule has 1 aliphatic carbocycles. The maximum atomic E-state index is 13.4. The Hall–Kier alpha value is -3.07. The van der Waals surface area contributed by atoms with E-state index in [4.69, 9.17) is 10.5 Å². The number of urea groups is 1. The number of carbonyl (C=O) groups is 2. The Morgan fingerprint density at radius 2 is 1.97 bits per heavy atom. The molecule has 9 heteroatoms. The van der Waals surface area contributed by atoms with E-state index in [0.29, 0.717) is 23.7 Å². The van der Waals surface area contributed by atoms with Crippen molar-refractivity contribution in [1.29, 1.82) is 0 Å². The molecule has 1 fully saturated rings.